The third-order valence-corrected chi connectivity index (χ3v) is 2.62. The van der Waals surface area contributed by atoms with Crippen LogP contribution in [-0.2, 0) is 0 Å². The van der Waals surface area contributed by atoms with Crippen LogP contribution in [0.15, 0.2) is 10.2 Å². The number of hydrogen-bond acceptors (Lipinski definition) is 3. The number of hydrogen-bond donors (Lipinski definition) is 0. The second kappa shape index (κ2) is 7.39. The molecule has 0 bridgehead atoms. The van der Waals surface area contributed by atoms with Gasteiger partial charge >= 0.3 is 0 Å². The Morgan fingerprint density at radius 3 is 2.00 bits per heavy atom. The lowest BCUT2D eigenvalue weighted by atomic mass is 10.1. The molecular weight excluding hydrogens is 200 g/mol. The Balaban J connectivity index is 4.26. The van der Waals surface area contributed by atoms with Crippen LogP contribution in [0.2, 0.25) is 0 Å². The summed E-state index contributed by atoms with van der Waals surface area (Å²) in [6.07, 6.45) is 0. The summed E-state index contributed by atoms with van der Waals surface area (Å²) in [6.45, 7) is 10.3. The van der Waals surface area contributed by atoms with Crippen LogP contribution < -0.4 is 0 Å². The summed E-state index contributed by atoms with van der Waals surface area (Å²) in [6, 6.07) is 0. The number of likely N-dealkylation sites (N-methyl/N-ethyl adjacent to an activating group) is 2. The largest absolute Gasteiger partial charge is 0.361 e. The number of nitrogens with zero attached hydrogens (tertiary/aromatic N) is 4. The van der Waals surface area contributed by atoms with Gasteiger partial charge in [-0.15, -0.1) is 5.10 Å². The average Bonchev–Trinajstić information content (AvgIpc) is 2.21. The predicted octanol–water partition coefficient (Wildman–Crippen LogP) is 1.93. The molecule has 4 heteroatoms. The van der Waals surface area contributed by atoms with Gasteiger partial charge in [0, 0.05) is 25.8 Å². The Morgan fingerprint density at radius 2 is 1.56 bits per heavy atom. The third kappa shape index (κ3) is 6.56. The standard InChI is InChI=1S/C12H26N4/c1-10(2)11(3)13-14-12(4)16(7)9-8-15(5)6/h10H,8-9H2,1-7H3/b13-11+,14-12+. The first-order valence-electron chi connectivity index (χ1n) is 5.79. The highest BCUT2D eigenvalue weighted by atomic mass is 15.3. The maximum atomic E-state index is 4.24. The fourth-order valence-corrected chi connectivity index (χ4v) is 0.855. The lowest BCUT2D eigenvalue weighted by Gasteiger charge is -2.20. The van der Waals surface area contributed by atoms with Gasteiger partial charge in [0.05, 0.1) is 0 Å². The summed E-state index contributed by atoms with van der Waals surface area (Å²) in [5.74, 6) is 1.42. The van der Waals surface area contributed by atoms with E-state index in [4.69, 9.17) is 0 Å². The molecule has 0 atom stereocenters. The van der Waals surface area contributed by atoms with E-state index < -0.39 is 0 Å². The van der Waals surface area contributed by atoms with Crippen LogP contribution in [0.25, 0.3) is 0 Å². The second-order valence-electron chi connectivity index (χ2n) is 4.77. The van der Waals surface area contributed by atoms with E-state index in [1.807, 2.05) is 20.9 Å². The molecule has 0 spiro atoms. The van der Waals surface area contributed by atoms with E-state index in [2.05, 4.69) is 47.9 Å². The average molecular weight is 226 g/mol. The minimum Gasteiger partial charge on any atom is -0.361 e. The first kappa shape index (κ1) is 15.1. The van der Waals surface area contributed by atoms with Crippen molar-refractivity contribution in [3.63, 3.8) is 0 Å². The Hall–Kier alpha value is -0.900. The molecule has 0 aromatic heterocycles. The van der Waals surface area contributed by atoms with E-state index in [0.29, 0.717) is 5.92 Å². The molecule has 0 N–H and O–H groups in total. The highest BCUT2D eigenvalue weighted by Gasteiger charge is 2.01. The van der Waals surface area contributed by atoms with Gasteiger partial charge in [0.25, 0.3) is 0 Å². The Bertz CT molecular complexity index is 254. The predicted molar refractivity (Wildman–Crippen MR) is 72.2 cm³/mol. The lowest BCUT2D eigenvalue weighted by Crippen LogP contribution is -2.31. The van der Waals surface area contributed by atoms with Crippen LogP contribution in [0.3, 0.4) is 0 Å². The van der Waals surface area contributed by atoms with E-state index in [1.165, 1.54) is 0 Å². The molecule has 0 unspecified atom stereocenters. The van der Waals surface area contributed by atoms with Crippen molar-refractivity contribution in [3.8, 4) is 0 Å². The van der Waals surface area contributed by atoms with Crippen molar-refractivity contribution in [1.82, 2.24) is 9.80 Å². The molecule has 94 valence electrons. The van der Waals surface area contributed by atoms with Crippen LogP contribution in [0.5, 0.6) is 0 Å². The third-order valence-electron chi connectivity index (χ3n) is 2.62. The molecule has 0 amide bonds. The van der Waals surface area contributed by atoms with Crippen LogP contribution in [0.4, 0.5) is 0 Å². The quantitative estimate of drug-likeness (QED) is 0.407. The van der Waals surface area contributed by atoms with Gasteiger partial charge in [0.1, 0.15) is 5.84 Å². The van der Waals surface area contributed by atoms with Crippen molar-refractivity contribution in [1.29, 1.82) is 0 Å². The number of rotatable bonds is 5. The fraction of sp³-hybridized carbons (Fsp3) is 0.833. The fourth-order valence-electron chi connectivity index (χ4n) is 0.855. The van der Waals surface area contributed by atoms with Crippen molar-refractivity contribution >= 4 is 11.5 Å². The maximum Gasteiger partial charge on any atom is 0.124 e. The first-order chi connectivity index (χ1) is 7.34. The Labute approximate surface area is 100 Å². The topological polar surface area (TPSA) is 31.2 Å². The molecule has 4 nitrogen and oxygen atoms in total. The summed E-state index contributed by atoms with van der Waals surface area (Å²) in [4.78, 5) is 4.28. The van der Waals surface area contributed by atoms with Crippen molar-refractivity contribution < 1.29 is 0 Å². The van der Waals surface area contributed by atoms with Crippen molar-refractivity contribution in [3.05, 3.63) is 0 Å². The summed E-state index contributed by atoms with van der Waals surface area (Å²) in [7, 11) is 6.19. The molecule has 0 aliphatic rings. The van der Waals surface area contributed by atoms with Gasteiger partial charge in [-0.1, -0.05) is 13.8 Å². The molecule has 0 fully saturated rings. The van der Waals surface area contributed by atoms with Gasteiger partial charge in [0.2, 0.25) is 0 Å². The molecule has 0 saturated heterocycles. The monoisotopic (exact) mass is 226 g/mol. The molecule has 0 aromatic rings. The van der Waals surface area contributed by atoms with Crippen LogP contribution in [0.1, 0.15) is 27.7 Å². The zero-order chi connectivity index (χ0) is 12.7. The SMILES string of the molecule is C/C(=N\N=C(/C)N(C)CCN(C)C)C(C)C. The molecule has 0 rings (SSSR count). The zero-order valence-corrected chi connectivity index (χ0v) is 11.8. The Kier molecular flexibility index (Phi) is 6.97. The van der Waals surface area contributed by atoms with Gasteiger partial charge in [-0.05, 0) is 33.9 Å². The summed E-state index contributed by atoms with van der Waals surface area (Å²) >= 11 is 0. The van der Waals surface area contributed by atoms with E-state index in [-0.39, 0.29) is 0 Å². The molecule has 0 aromatic carbocycles. The van der Waals surface area contributed by atoms with Crippen LogP contribution in [-0.4, -0.2) is 55.6 Å². The smallest absolute Gasteiger partial charge is 0.124 e. The molecule has 0 heterocycles. The van der Waals surface area contributed by atoms with Gasteiger partial charge in [-0.25, -0.2) is 0 Å². The Morgan fingerprint density at radius 1 is 1.00 bits per heavy atom. The van der Waals surface area contributed by atoms with Gasteiger partial charge in [-0.3, -0.25) is 0 Å². The van der Waals surface area contributed by atoms with Crippen LogP contribution in [0, 0.1) is 5.92 Å². The highest BCUT2D eigenvalue weighted by Crippen LogP contribution is 1.97. The van der Waals surface area contributed by atoms with Crippen molar-refractivity contribution in [2.45, 2.75) is 27.7 Å². The molecule has 16 heavy (non-hydrogen) atoms. The molecular formula is C12H26N4. The molecule has 0 radical (unpaired) electrons. The lowest BCUT2D eigenvalue weighted by molar-refractivity contribution is 0.356. The summed E-state index contributed by atoms with van der Waals surface area (Å²) in [5.41, 5.74) is 1.07. The number of amidine groups is 1. The van der Waals surface area contributed by atoms with E-state index >= 15 is 0 Å². The minimum atomic E-state index is 0.462. The summed E-state index contributed by atoms with van der Waals surface area (Å²) in [5, 5.41) is 8.46. The van der Waals surface area contributed by atoms with Crippen molar-refractivity contribution in [2.75, 3.05) is 34.2 Å². The molecule has 0 aliphatic carbocycles. The normalized spacial score (nSPS) is 13.8. The second-order valence-corrected chi connectivity index (χ2v) is 4.77. The molecule has 0 saturated carbocycles. The van der Waals surface area contributed by atoms with Gasteiger partial charge < -0.3 is 9.80 Å². The van der Waals surface area contributed by atoms with E-state index in [9.17, 15) is 0 Å². The molecule has 0 aliphatic heterocycles. The first-order valence-corrected chi connectivity index (χ1v) is 5.79. The van der Waals surface area contributed by atoms with Gasteiger partial charge in [-0.2, -0.15) is 5.10 Å². The highest BCUT2D eigenvalue weighted by molar-refractivity contribution is 5.85. The zero-order valence-electron chi connectivity index (χ0n) is 11.8. The van der Waals surface area contributed by atoms with Crippen LogP contribution >= 0.6 is 0 Å². The minimum absolute atomic E-state index is 0.462. The van der Waals surface area contributed by atoms with Gasteiger partial charge in [0.15, 0.2) is 0 Å². The van der Waals surface area contributed by atoms with E-state index in [1.54, 1.807) is 0 Å². The van der Waals surface area contributed by atoms with E-state index in [0.717, 1.165) is 24.6 Å². The summed E-state index contributed by atoms with van der Waals surface area (Å²) < 4.78 is 0. The van der Waals surface area contributed by atoms with Crippen molar-refractivity contribution in [2.24, 2.45) is 16.1 Å². The maximum absolute atomic E-state index is 4.24.